The van der Waals surface area contributed by atoms with Crippen LogP contribution < -0.4 is 5.73 Å². The zero-order valence-electron chi connectivity index (χ0n) is 8.86. The molecule has 0 bridgehead atoms. The lowest BCUT2D eigenvalue weighted by atomic mass is 10.1. The summed E-state index contributed by atoms with van der Waals surface area (Å²) in [6, 6.07) is 12.0. The lowest BCUT2D eigenvalue weighted by Gasteiger charge is -2.04. The van der Waals surface area contributed by atoms with Gasteiger partial charge in [0.05, 0.1) is 10.7 Å². The molecule has 2 rings (SSSR count). The Bertz CT molecular complexity index is 466. The zero-order valence-corrected chi connectivity index (χ0v) is 9.61. The largest absolute Gasteiger partial charge is 0.330 e. The van der Waals surface area contributed by atoms with Gasteiger partial charge in [0.2, 0.25) is 0 Å². The number of nitrogens with two attached hydrogens (primary N) is 1. The normalized spacial score (nSPS) is 10.4. The van der Waals surface area contributed by atoms with Gasteiger partial charge in [-0.2, -0.15) is 0 Å². The summed E-state index contributed by atoms with van der Waals surface area (Å²) in [6.45, 7) is 0.664. The molecule has 0 unspecified atom stereocenters. The van der Waals surface area contributed by atoms with Crippen molar-refractivity contribution in [2.45, 2.75) is 6.42 Å². The molecule has 0 saturated heterocycles. The molecule has 16 heavy (non-hydrogen) atoms. The molecule has 2 N–H and O–H groups in total. The molecular weight excluding hydrogens is 220 g/mol. The SMILES string of the molecule is NCCc1cccc(-c2ccc(Cl)cn2)c1. The Hall–Kier alpha value is -1.38. The van der Waals surface area contributed by atoms with Gasteiger partial charge in [-0.1, -0.05) is 29.8 Å². The fraction of sp³-hybridized carbons (Fsp3) is 0.154. The summed E-state index contributed by atoms with van der Waals surface area (Å²) in [6.07, 6.45) is 2.55. The smallest absolute Gasteiger partial charge is 0.0703 e. The topological polar surface area (TPSA) is 38.9 Å². The Morgan fingerprint density at radius 1 is 1.19 bits per heavy atom. The Balaban J connectivity index is 2.32. The molecule has 0 saturated carbocycles. The van der Waals surface area contributed by atoms with Crippen LogP contribution in [-0.4, -0.2) is 11.5 Å². The van der Waals surface area contributed by atoms with E-state index in [9.17, 15) is 0 Å². The summed E-state index contributed by atoms with van der Waals surface area (Å²) < 4.78 is 0. The van der Waals surface area contributed by atoms with Crippen molar-refractivity contribution in [1.82, 2.24) is 4.98 Å². The molecule has 0 spiro atoms. The van der Waals surface area contributed by atoms with Crippen LogP contribution in [0.3, 0.4) is 0 Å². The van der Waals surface area contributed by atoms with Crippen molar-refractivity contribution in [1.29, 1.82) is 0 Å². The van der Waals surface area contributed by atoms with E-state index in [1.54, 1.807) is 6.20 Å². The molecule has 82 valence electrons. The number of benzene rings is 1. The second-order valence-corrected chi connectivity index (χ2v) is 4.04. The Labute approximate surface area is 100 Å². The summed E-state index contributed by atoms with van der Waals surface area (Å²) in [5.74, 6) is 0. The summed E-state index contributed by atoms with van der Waals surface area (Å²) in [5, 5.41) is 0.655. The van der Waals surface area contributed by atoms with Crippen LogP contribution in [0.4, 0.5) is 0 Å². The number of hydrogen-bond donors (Lipinski definition) is 1. The summed E-state index contributed by atoms with van der Waals surface area (Å²) in [4.78, 5) is 4.29. The molecular formula is C13H13ClN2. The molecule has 1 heterocycles. The third-order valence-electron chi connectivity index (χ3n) is 2.38. The standard InChI is InChI=1S/C13H13ClN2/c14-12-4-5-13(16-9-12)11-3-1-2-10(8-11)6-7-15/h1-5,8-9H,6-7,15H2. The number of pyridine rings is 1. The molecule has 2 nitrogen and oxygen atoms in total. The van der Waals surface area contributed by atoms with E-state index in [2.05, 4.69) is 17.1 Å². The first-order valence-electron chi connectivity index (χ1n) is 5.20. The van der Waals surface area contributed by atoms with Gasteiger partial charge in [-0.15, -0.1) is 0 Å². The van der Waals surface area contributed by atoms with Gasteiger partial charge in [0, 0.05) is 11.8 Å². The summed E-state index contributed by atoms with van der Waals surface area (Å²) in [7, 11) is 0. The van der Waals surface area contributed by atoms with Crippen molar-refractivity contribution in [3.8, 4) is 11.3 Å². The Morgan fingerprint density at radius 3 is 2.75 bits per heavy atom. The van der Waals surface area contributed by atoms with Crippen molar-refractivity contribution in [2.75, 3.05) is 6.54 Å². The van der Waals surface area contributed by atoms with Crippen LogP contribution in [-0.2, 0) is 6.42 Å². The summed E-state index contributed by atoms with van der Waals surface area (Å²) in [5.41, 5.74) is 8.80. The van der Waals surface area contributed by atoms with Gasteiger partial charge in [0.15, 0.2) is 0 Å². The Morgan fingerprint density at radius 2 is 2.06 bits per heavy atom. The van der Waals surface area contributed by atoms with Crippen LogP contribution in [0, 0.1) is 0 Å². The van der Waals surface area contributed by atoms with Crippen LogP contribution in [0.2, 0.25) is 5.02 Å². The molecule has 3 heteroatoms. The second kappa shape index (κ2) is 5.10. The van der Waals surface area contributed by atoms with Crippen molar-refractivity contribution in [3.05, 3.63) is 53.2 Å². The minimum Gasteiger partial charge on any atom is -0.330 e. The van der Waals surface area contributed by atoms with Crippen LogP contribution in [0.1, 0.15) is 5.56 Å². The van der Waals surface area contributed by atoms with Crippen molar-refractivity contribution in [2.24, 2.45) is 5.73 Å². The third-order valence-corrected chi connectivity index (χ3v) is 2.61. The highest BCUT2D eigenvalue weighted by Crippen LogP contribution is 2.19. The molecule has 0 fully saturated rings. The first kappa shape index (κ1) is 11.1. The first-order chi connectivity index (χ1) is 7.79. The lowest BCUT2D eigenvalue weighted by molar-refractivity contribution is 0.969. The van der Waals surface area contributed by atoms with E-state index in [4.69, 9.17) is 17.3 Å². The molecule has 2 aromatic rings. The molecule has 0 atom stereocenters. The van der Waals surface area contributed by atoms with Crippen LogP contribution >= 0.6 is 11.6 Å². The van der Waals surface area contributed by atoms with Gasteiger partial charge < -0.3 is 5.73 Å². The quantitative estimate of drug-likeness (QED) is 0.884. The van der Waals surface area contributed by atoms with E-state index in [1.165, 1.54) is 5.56 Å². The van der Waals surface area contributed by atoms with Gasteiger partial charge in [0.25, 0.3) is 0 Å². The molecule has 0 aliphatic rings. The predicted molar refractivity (Wildman–Crippen MR) is 67.4 cm³/mol. The average Bonchev–Trinajstić information content (AvgIpc) is 2.31. The minimum atomic E-state index is 0.655. The van der Waals surface area contributed by atoms with Gasteiger partial charge in [-0.25, -0.2) is 0 Å². The molecule has 1 aromatic carbocycles. The molecule has 0 aliphatic carbocycles. The minimum absolute atomic E-state index is 0.655. The van der Waals surface area contributed by atoms with Crippen LogP contribution in [0.15, 0.2) is 42.6 Å². The second-order valence-electron chi connectivity index (χ2n) is 3.60. The van der Waals surface area contributed by atoms with Crippen LogP contribution in [0.5, 0.6) is 0 Å². The number of aromatic nitrogens is 1. The molecule has 0 radical (unpaired) electrons. The highest BCUT2D eigenvalue weighted by molar-refractivity contribution is 6.30. The fourth-order valence-corrected chi connectivity index (χ4v) is 1.71. The van der Waals surface area contributed by atoms with Crippen LogP contribution in [0.25, 0.3) is 11.3 Å². The maximum absolute atomic E-state index is 5.80. The summed E-state index contributed by atoms with van der Waals surface area (Å²) >= 11 is 5.80. The van der Waals surface area contributed by atoms with Gasteiger partial charge >= 0.3 is 0 Å². The average molecular weight is 233 g/mol. The number of rotatable bonds is 3. The Kier molecular flexibility index (Phi) is 3.54. The maximum atomic E-state index is 5.80. The third kappa shape index (κ3) is 2.60. The number of nitrogens with zero attached hydrogens (tertiary/aromatic N) is 1. The highest BCUT2D eigenvalue weighted by Gasteiger charge is 2.00. The lowest BCUT2D eigenvalue weighted by Crippen LogP contribution is -2.02. The van der Waals surface area contributed by atoms with Gasteiger partial charge in [-0.05, 0) is 36.7 Å². The van der Waals surface area contributed by atoms with Gasteiger partial charge in [0.1, 0.15) is 0 Å². The van der Waals surface area contributed by atoms with E-state index < -0.39 is 0 Å². The van der Waals surface area contributed by atoms with E-state index >= 15 is 0 Å². The highest BCUT2D eigenvalue weighted by atomic mass is 35.5. The molecule has 0 amide bonds. The number of halogens is 1. The van der Waals surface area contributed by atoms with E-state index in [1.807, 2.05) is 24.3 Å². The van der Waals surface area contributed by atoms with Crippen molar-refractivity contribution < 1.29 is 0 Å². The van der Waals surface area contributed by atoms with E-state index in [-0.39, 0.29) is 0 Å². The molecule has 0 aliphatic heterocycles. The van der Waals surface area contributed by atoms with Crippen molar-refractivity contribution in [3.63, 3.8) is 0 Å². The van der Waals surface area contributed by atoms with E-state index in [0.717, 1.165) is 17.7 Å². The maximum Gasteiger partial charge on any atom is 0.0703 e. The van der Waals surface area contributed by atoms with Crippen molar-refractivity contribution >= 4 is 11.6 Å². The molecule has 1 aromatic heterocycles. The fourth-order valence-electron chi connectivity index (χ4n) is 1.60. The van der Waals surface area contributed by atoms with Gasteiger partial charge in [-0.3, -0.25) is 4.98 Å². The number of hydrogen-bond acceptors (Lipinski definition) is 2. The first-order valence-corrected chi connectivity index (χ1v) is 5.58. The predicted octanol–water partition coefficient (Wildman–Crippen LogP) is 2.90. The monoisotopic (exact) mass is 232 g/mol. The van der Waals surface area contributed by atoms with E-state index in [0.29, 0.717) is 11.6 Å². The zero-order chi connectivity index (χ0) is 11.4.